The van der Waals surface area contributed by atoms with Gasteiger partial charge < -0.3 is 19.5 Å². The molecular weight excluding hydrogens is 329 g/mol. The zero-order valence-corrected chi connectivity index (χ0v) is 15.8. The van der Waals surface area contributed by atoms with Crippen molar-refractivity contribution in [2.75, 3.05) is 6.54 Å². The third-order valence-electron chi connectivity index (χ3n) is 5.88. The Hall–Kier alpha value is -1.67. The predicted molar refractivity (Wildman–Crippen MR) is 100 cm³/mol. The smallest absolute Gasteiger partial charge is 0.399 e. The lowest BCUT2D eigenvalue weighted by atomic mass is 9.79. The van der Waals surface area contributed by atoms with Crippen LogP contribution < -0.4 is 5.46 Å². The van der Waals surface area contributed by atoms with Gasteiger partial charge >= 0.3 is 7.12 Å². The average molecular weight is 355 g/mol. The standard InChI is InChI=1S/C19H26BN3O3/c1-18(2)19(3,4)26-20(25-18)14-9-7-13(8-10-14)15-12-21-17(22-15)16-6-5-11-23(16)24/h7-10,12,16,24H,5-6,11H2,1-4H3,(H,21,22)/t16-/m0/s1. The maximum atomic E-state index is 9.91. The molecule has 2 aromatic rings. The zero-order valence-electron chi connectivity index (χ0n) is 15.8. The molecule has 26 heavy (non-hydrogen) atoms. The summed E-state index contributed by atoms with van der Waals surface area (Å²) in [5.74, 6) is 0.815. The number of nitrogens with one attached hydrogen (secondary N) is 1. The van der Waals surface area contributed by atoms with Gasteiger partial charge in [0, 0.05) is 6.54 Å². The van der Waals surface area contributed by atoms with E-state index in [9.17, 15) is 5.21 Å². The molecule has 0 radical (unpaired) electrons. The van der Waals surface area contributed by atoms with Crippen molar-refractivity contribution in [2.24, 2.45) is 0 Å². The van der Waals surface area contributed by atoms with E-state index >= 15 is 0 Å². The van der Waals surface area contributed by atoms with Crippen LogP contribution in [-0.4, -0.2) is 45.1 Å². The molecule has 4 rings (SSSR count). The molecule has 0 aliphatic carbocycles. The molecule has 2 saturated heterocycles. The molecule has 1 aromatic heterocycles. The highest BCUT2D eigenvalue weighted by molar-refractivity contribution is 6.62. The van der Waals surface area contributed by atoms with Crippen LogP contribution in [0.4, 0.5) is 0 Å². The van der Waals surface area contributed by atoms with E-state index in [0.29, 0.717) is 6.54 Å². The minimum Gasteiger partial charge on any atom is -0.399 e. The molecule has 1 aromatic carbocycles. The number of hydroxylamine groups is 2. The molecule has 0 unspecified atom stereocenters. The van der Waals surface area contributed by atoms with Gasteiger partial charge in [-0.25, -0.2) is 4.98 Å². The number of H-pyrrole nitrogens is 1. The lowest BCUT2D eigenvalue weighted by molar-refractivity contribution is -0.106. The van der Waals surface area contributed by atoms with Crippen molar-refractivity contribution in [3.8, 4) is 11.3 Å². The Labute approximate surface area is 154 Å². The Morgan fingerprint density at radius 3 is 2.38 bits per heavy atom. The second kappa shape index (κ2) is 6.20. The largest absolute Gasteiger partial charge is 0.494 e. The molecule has 6 nitrogen and oxygen atoms in total. The van der Waals surface area contributed by atoms with Crippen LogP contribution in [-0.2, 0) is 9.31 Å². The van der Waals surface area contributed by atoms with Crippen LogP contribution >= 0.6 is 0 Å². The van der Waals surface area contributed by atoms with E-state index < -0.39 is 0 Å². The molecule has 2 aliphatic heterocycles. The van der Waals surface area contributed by atoms with Crippen LogP contribution in [0.25, 0.3) is 11.3 Å². The topological polar surface area (TPSA) is 70.6 Å². The van der Waals surface area contributed by atoms with Crippen molar-refractivity contribution < 1.29 is 14.5 Å². The predicted octanol–water partition coefficient (Wildman–Crippen LogP) is 2.90. The minimum atomic E-state index is -0.354. The number of benzene rings is 1. The number of aromatic nitrogens is 2. The number of aromatic amines is 1. The van der Waals surface area contributed by atoms with Gasteiger partial charge in [0.25, 0.3) is 0 Å². The van der Waals surface area contributed by atoms with Crippen LogP contribution in [0.2, 0.25) is 0 Å². The van der Waals surface area contributed by atoms with Crippen LogP contribution in [0.5, 0.6) is 0 Å². The summed E-state index contributed by atoms with van der Waals surface area (Å²) in [6, 6.07) is 8.12. The highest BCUT2D eigenvalue weighted by atomic mass is 16.7. The second-order valence-corrected chi connectivity index (χ2v) is 8.21. The molecule has 0 saturated carbocycles. The molecule has 7 heteroatoms. The van der Waals surface area contributed by atoms with Gasteiger partial charge in [-0.05, 0) is 51.6 Å². The maximum Gasteiger partial charge on any atom is 0.494 e. The molecule has 2 fully saturated rings. The summed E-state index contributed by atoms with van der Waals surface area (Å²) in [5, 5.41) is 11.3. The van der Waals surface area contributed by atoms with Gasteiger partial charge in [-0.3, -0.25) is 0 Å². The van der Waals surface area contributed by atoms with Crippen molar-refractivity contribution in [2.45, 2.75) is 57.8 Å². The first-order valence-corrected chi connectivity index (χ1v) is 9.23. The van der Waals surface area contributed by atoms with Gasteiger partial charge in [-0.2, -0.15) is 5.06 Å². The molecule has 0 amide bonds. The SMILES string of the molecule is CC1(C)OB(c2ccc(-c3cnc([C@@H]4CCCN4O)[nH]3)cc2)OC1(C)C. The summed E-state index contributed by atoms with van der Waals surface area (Å²) in [6.45, 7) is 8.92. The Kier molecular flexibility index (Phi) is 4.23. The fraction of sp³-hybridized carbons (Fsp3) is 0.526. The van der Waals surface area contributed by atoms with Gasteiger partial charge in [0.05, 0.1) is 29.1 Å². The number of nitrogens with zero attached hydrogens (tertiary/aromatic N) is 2. The van der Waals surface area contributed by atoms with Crippen molar-refractivity contribution in [1.29, 1.82) is 0 Å². The quantitative estimate of drug-likeness (QED) is 0.829. The van der Waals surface area contributed by atoms with E-state index in [0.717, 1.165) is 35.4 Å². The number of rotatable bonds is 3. The molecule has 2 N–H and O–H groups in total. The fourth-order valence-electron chi connectivity index (χ4n) is 3.48. The van der Waals surface area contributed by atoms with E-state index in [-0.39, 0.29) is 24.4 Å². The van der Waals surface area contributed by atoms with E-state index in [1.54, 1.807) is 0 Å². The van der Waals surface area contributed by atoms with E-state index in [1.807, 2.05) is 30.5 Å². The van der Waals surface area contributed by atoms with Crippen molar-refractivity contribution >= 4 is 12.6 Å². The van der Waals surface area contributed by atoms with E-state index in [1.165, 1.54) is 5.06 Å². The normalized spacial score (nSPS) is 25.1. The first-order valence-electron chi connectivity index (χ1n) is 9.23. The fourth-order valence-corrected chi connectivity index (χ4v) is 3.48. The average Bonchev–Trinajstić information content (AvgIpc) is 3.26. The summed E-state index contributed by atoms with van der Waals surface area (Å²) >= 11 is 0. The molecule has 0 spiro atoms. The molecule has 138 valence electrons. The number of imidazole rings is 1. The monoisotopic (exact) mass is 355 g/mol. The van der Waals surface area contributed by atoms with E-state index in [2.05, 4.69) is 37.7 Å². The summed E-state index contributed by atoms with van der Waals surface area (Å²) in [7, 11) is -0.354. The zero-order chi connectivity index (χ0) is 18.5. The Balaban J connectivity index is 1.51. The second-order valence-electron chi connectivity index (χ2n) is 8.21. The Morgan fingerprint density at radius 2 is 1.81 bits per heavy atom. The summed E-state index contributed by atoms with van der Waals surface area (Å²) in [5.41, 5.74) is 2.31. The van der Waals surface area contributed by atoms with Gasteiger partial charge in [-0.15, -0.1) is 0 Å². The lowest BCUT2D eigenvalue weighted by Crippen LogP contribution is -2.41. The maximum absolute atomic E-state index is 9.91. The number of hydrogen-bond donors (Lipinski definition) is 2. The highest BCUT2D eigenvalue weighted by Crippen LogP contribution is 2.36. The summed E-state index contributed by atoms with van der Waals surface area (Å²) in [4.78, 5) is 7.80. The third-order valence-corrected chi connectivity index (χ3v) is 5.88. The molecule has 0 bridgehead atoms. The van der Waals surface area contributed by atoms with Crippen molar-refractivity contribution in [1.82, 2.24) is 15.0 Å². The number of hydrogen-bond acceptors (Lipinski definition) is 5. The van der Waals surface area contributed by atoms with Crippen LogP contribution in [0, 0.1) is 0 Å². The van der Waals surface area contributed by atoms with Crippen molar-refractivity contribution in [3.05, 3.63) is 36.3 Å². The molecule has 1 atom stereocenters. The van der Waals surface area contributed by atoms with Crippen molar-refractivity contribution in [3.63, 3.8) is 0 Å². The van der Waals surface area contributed by atoms with Gasteiger partial charge in [0.15, 0.2) is 0 Å². The van der Waals surface area contributed by atoms with Crippen LogP contribution in [0.1, 0.15) is 52.4 Å². The minimum absolute atomic E-state index is 0.0345. The summed E-state index contributed by atoms with van der Waals surface area (Å²) < 4.78 is 12.2. The van der Waals surface area contributed by atoms with Crippen LogP contribution in [0.15, 0.2) is 30.5 Å². The van der Waals surface area contributed by atoms with E-state index in [4.69, 9.17) is 9.31 Å². The van der Waals surface area contributed by atoms with Gasteiger partial charge in [0.1, 0.15) is 5.82 Å². The summed E-state index contributed by atoms with van der Waals surface area (Å²) in [6.07, 6.45) is 3.73. The molecule has 3 heterocycles. The third kappa shape index (κ3) is 2.99. The van der Waals surface area contributed by atoms with Gasteiger partial charge in [-0.1, -0.05) is 24.3 Å². The van der Waals surface area contributed by atoms with Gasteiger partial charge in [0.2, 0.25) is 0 Å². The van der Waals surface area contributed by atoms with Crippen LogP contribution in [0.3, 0.4) is 0 Å². The lowest BCUT2D eigenvalue weighted by Gasteiger charge is -2.32. The Morgan fingerprint density at radius 1 is 1.15 bits per heavy atom. The first kappa shape index (κ1) is 17.7. The highest BCUT2D eigenvalue weighted by Gasteiger charge is 2.51. The first-order chi connectivity index (χ1) is 12.3. The molecular formula is C19H26BN3O3. The Bertz CT molecular complexity index is 772. The molecule has 2 aliphatic rings.